The number of hydrogen-bond acceptors (Lipinski definition) is 5. The molecule has 0 bridgehead atoms. The molecule has 1 aliphatic heterocycles. The normalized spacial score (nSPS) is 12.5. The maximum atomic E-state index is 11.8. The molecule has 1 aromatic heterocycles. The summed E-state index contributed by atoms with van der Waals surface area (Å²) in [5.41, 5.74) is 0.737. The Balaban J connectivity index is 1.81. The smallest absolute Gasteiger partial charge is 0.379 e. The van der Waals surface area contributed by atoms with Crippen LogP contribution in [0, 0.1) is 6.92 Å². The zero-order valence-corrected chi connectivity index (χ0v) is 9.64. The lowest BCUT2D eigenvalue weighted by Gasteiger charge is -2.03. The zero-order valence-electron chi connectivity index (χ0n) is 9.64. The highest BCUT2D eigenvalue weighted by Crippen LogP contribution is 2.35. The summed E-state index contributed by atoms with van der Waals surface area (Å²) in [7, 11) is 0. The highest BCUT2D eigenvalue weighted by atomic mass is 16.7. The number of esters is 1. The Morgan fingerprint density at radius 1 is 1.22 bits per heavy atom. The first-order valence-electron chi connectivity index (χ1n) is 5.40. The van der Waals surface area contributed by atoms with Gasteiger partial charge in [0.2, 0.25) is 12.6 Å². The molecule has 0 saturated carbocycles. The number of fused-ring (bicyclic) bond motifs is 1. The first-order valence-corrected chi connectivity index (χ1v) is 5.40. The molecule has 1 aromatic carbocycles. The van der Waals surface area contributed by atoms with E-state index in [1.165, 1.54) is 6.26 Å². The number of aryl methyl sites for hydroxylation is 1. The van der Waals surface area contributed by atoms with Crippen LogP contribution in [0.2, 0.25) is 0 Å². The Kier molecular flexibility index (Phi) is 2.44. The van der Waals surface area contributed by atoms with Crippen molar-refractivity contribution < 1.29 is 23.4 Å². The third-order valence-corrected chi connectivity index (χ3v) is 2.60. The van der Waals surface area contributed by atoms with Gasteiger partial charge < -0.3 is 18.6 Å². The quantitative estimate of drug-likeness (QED) is 0.602. The molecule has 0 radical (unpaired) electrons. The van der Waals surface area contributed by atoms with E-state index < -0.39 is 5.97 Å². The molecule has 5 heteroatoms. The number of rotatable bonds is 2. The van der Waals surface area contributed by atoms with E-state index in [2.05, 4.69) is 0 Å². The van der Waals surface area contributed by atoms with Gasteiger partial charge in [-0.25, -0.2) is 4.79 Å². The molecular weight excluding hydrogens is 236 g/mol. The van der Waals surface area contributed by atoms with E-state index in [0.29, 0.717) is 17.2 Å². The van der Waals surface area contributed by atoms with Gasteiger partial charge in [-0.1, -0.05) is 0 Å². The van der Waals surface area contributed by atoms with Gasteiger partial charge in [-0.3, -0.25) is 0 Å². The van der Waals surface area contributed by atoms with Gasteiger partial charge in [0.1, 0.15) is 5.75 Å². The highest BCUT2D eigenvalue weighted by Gasteiger charge is 2.18. The summed E-state index contributed by atoms with van der Waals surface area (Å²) in [5, 5.41) is 0. The molecular formula is C13H10O5. The van der Waals surface area contributed by atoms with Crippen molar-refractivity contribution in [2.45, 2.75) is 6.92 Å². The molecule has 0 amide bonds. The molecule has 0 saturated heterocycles. The fourth-order valence-electron chi connectivity index (χ4n) is 1.68. The van der Waals surface area contributed by atoms with Gasteiger partial charge >= 0.3 is 5.97 Å². The average molecular weight is 246 g/mol. The van der Waals surface area contributed by atoms with Crippen molar-refractivity contribution in [3.8, 4) is 17.2 Å². The predicted molar refractivity (Wildman–Crippen MR) is 61.0 cm³/mol. The van der Waals surface area contributed by atoms with E-state index in [-0.39, 0.29) is 12.6 Å². The van der Waals surface area contributed by atoms with Crippen molar-refractivity contribution >= 4 is 5.97 Å². The molecule has 5 nitrogen and oxygen atoms in total. The summed E-state index contributed by atoms with van der Waals surface area (Å²) in [6.07, 6.45) is 1.45. The van der Waals surface area contributed by atoms with Crippen molar-refractivity contribution in [1.82, 2.24) is 0 Å². The van der Waals surface area contributed by atoms with Crippen molar-refractivity contribution in [1.29, 1.82) is 0 Å². The molecule has 3 rings (SSSR count). The topological polar surface area (TPSA) is 57.9 Å². The number of hydrogen-bond donors (Lipinski definition) is 0. The fourth-order valence-corrected chi connectivity index (χ4v) is 1.68. The summed E-state index contributed by atoms with van der Waals surface area (Å²) in [5.74, 6) is 1.27. The summed E-state index contributed by atoms with van der Waals surface area (Å²) < 4.78 is 20.6. The van der Waals surface area contributed by atoms with Crippen LogP contribution in [0.25, 0.3) is 0 Å². The number of furan rings is 1. The van der Waals surface area contributed by atoms with E-state index in [0.717, 1.165) is 5.56 Å². The van der Waals surface area contributed by atoms with E-state index >= 15 is 0 Å². The maximum absolute atomic E-state index is 11.8. The molecule has 92 valence electrons. The molecule has 0 N–H and O–H groups in total. The Morgan fingerprint density at radius 2 is 2.06 bits per heavy atom. The summed E-state index contributed by atoms with van der Waals surface area (Å²) >= 11 is 0. The first kappa shape index (κ1) is 10.7. The third-order valence-electron chi connectivity index (χ3n) is 2.60. The van der Waals surface area contributed by atoms with E-state index in [9.17, 15) is 4.79 Å². The number of benzene rings is 1. The molecule has 1 aliphatic rings. The molecule has 0 fully saturated rings. The molecule has 0 spiro atoms. The summed E-state index contributed by atoms with van der Waals surface area (Å²) in [4.78, 5) is 11.8. The van der Waals surface area contributed by atoms with E-state index in [1.807, 2.05) is 0 Å². The van der Waals surface area contributed by atoms with E-state index in [1.54, 1.807) is 31.2 Å². The minimum Gasteiger partial charge on any atom is -0.457 e. The Bertz CT molecular complexity index is 599. The monoisotopic (exact) mass is 246 g/mol. The number of carbonyl (C=O) groups is 1. The van der Waals surface area contributed by atoms with Crippen molar-refractivity contribution in [3.05, 3.63) is 41.9 Å². The van der Waals surface area contributed by atoms with Crippen molar-refractivity contribution in [2.24, 2.45) is 0 Å². The lowest BCUT2D eigenvalue weighted by Crippen LogP contribution is -2.08. The number of ether oxygens (including phenoxy) is 3. The van der Waals surface area contributed by atoms with Crippen LogP contribution < -0.4 is 14.2 Å². The molecule has 0 atom stereocenters. The Hall–Kier alpha value is -2.43. The van der Waals surface area contributed by atoms with Crippen LogP contribution in [0.15, 0.2) is 34.9 Å². The van der Waals surface area contributed by atoms with Crippen molar-refractivity contribution in [3.63, 3.8) is 0 Å². The summed E-state index contributed by atoms with van der Waals surface area (Å²) in [6, 6.07) is 6.65. The summed E-state index contributed by atoms with van der Waals surface area (Å²) in [6.45, 7) is 1.96. The first-order chi connectivity index (χ1) is 8.74. The maximum Gasteiger partial charge on any atom is 0.379 e. The second-order valence-electron chi connectivity index (χ2n) is 3.84. The van der Waals surface area contributed by atoms with Gasteiger partial charge in [0.15, 0.2) is 11.5 Å². The van der Waals surface area contributed by atoms with Gasteiger partial charge in [-0.15, -0.1) is 0 Å². The molecule has 18 heavy (non-hydrogen) atoms. The molecule has 2 heterocycles. The second kappa shape index (κ2) is 4.10. The van der Waals surface area contributed by atoms with Crippen LogP contribution in [0.5, 0.6) is 17.2 Å². The minimum absolute atomic E-state index is 0.185. The van der Waals surface area contributed by atoms with Gasteiger partial charge in [-0.2, -0.15) is 0 Å². The lowest BCUT2D eigenvalue weighted by atomic mass is 10.3. The number of carbonyl (C=O) groups excluding carboxylic acids is 1. The third kappa shape index (κ3) is 1.79. The highest BCUT2D eigenvalue weighted by molar-refractivity contribution is 5.89. The predicted octanol–water partition coefficient (Wildman–Crippen LogP) is 2.54. The van der Waals surface area contributed by atoms with Gasteiger partial charge in [-0.05, 0) is 25.1 Å². The largest absolute Gasteiger partial charge is 0.457 e. The minimum atomic E-state index is -0.531. The van der Waals surface area contributed by atoms with Gasteiger partial charge in [0.05, 0.1) is 6.26 Å². The van der Waals surface area contributed by atoms with Gasteiger partial charge in [0.25, 0.3) is 0 Å². The zero-order chi connectivity index (χ0) is 12.5. The van der Waals surface area contributed by atoms with Crippen LogP contribution in [0.3, 0.4) is 0 Å². The van der Waals surface area contributed by atoms with Crippen LogP contribution >= 0.6 is 0 Å². The van der Waals surface area contributed by atoms with Gasteiger partial charge in [0, 0.05) is 11.6 Å². The SMILES string of the molecule is Cc1ccoc1C(=O)Oc1ccc2c(c1)OCO2. The molecule has 2 aromatic rings. The van der Waals surface area contributed by atoms with Crippen LogP contribution in [-0.4, -0.2) is 12.8 Å². The van der Waals surface area contributed by atoms with Crippen LogP contribution in [0.4, 0.5) is 0 Å². The standard InChI is InChI=1S/C13H10O5/c1-8-4-5-15-12(8)13(14)18-9-2-3-10-11(6-9)17-7-16-10/h2-6H,7H2,1H3. The molecule has 0 unspecified atom stereocenters. The second-order valence-corrected chi connectivity index (χ2v) is 3.84. The van der Waals surface area contributed by atoms with E-state index in [4.69, 9.17) is 18.6 Å². The molecule has 0 aliphatic carbocycles. The average Bonchev–Trinajstić information content (AvgIpc) is 2.96. The Labute approximate surface area is 103 Å². The van der Waals surface area contributed by atoms with Crippen molar-refractivity contribution in [2.75, 3.05) is 6.79 Å². The van der Waals surface area contributed by atoms with Crippen LogP contribution in [0.1, 0.15) is 16.1 Å². The Morgan fingerprint density at radius 3 is 2.83 bits per heavy atom. The van der Waals surface area contributed by atoms with Crippen LogP contribution in [-0.2, 0) is 0 Å². The lowest BCUT2D eigenvalue weighted by molar-refractivity contribution is 0.0700. The fraction of sp³-hybridized carbons (Fsp3) is 0.154.